The molecule has 0 rings (SSSR count). The number of carbonyl (C=O) groups is 1. The lowest BCUT2D eigenvalue weighted by Crippen LogP contribution is -2.17. The Hall–Kier alpha value is -0.500. The van der Waals surface area contributed by atoms with Gasteiger partial charge in [-0.25, -0.2) is 0 Å². The van der Waals surface area contributed by atoms with Crippen LogP contribution in [-0.2, 0) is 4.79 Å². The molecule has 0 bridgehead atoms. The highest BCUT2D eigenvalue weighted by molar-refractivity contribution is 6.17. The van der Waals surface area contributed by atoms with E-state index in [9.17, 15) is 0 Å². The van der Waals surface area contributed by atoms with Crippen molar-refractivity contribution in [3.63, 3.8) is 0 Å². The summed E-state index contributed by atoms with van der Waals surface area (Å²) in [6.45, 7) is 4.79. The fourth-order valence-corrected chi connectivity index (χ4v) is 0. The van der Waals surface area contributed by atoms with Crippen LogP contribution in [0.15, 0.2) is 12.7 Å². The summed E-state index contributed by atoms with van der Waals surface area (Å²) in [5, 5.41) is 9.14. The van der Waals surface area contributed by atoms with Crippen molar-refractivity contribution >= 4 is 17.6 Å². The molecule has 0 spiro atoms. The smallest absolute Gasteiger partial charge is 0.0636 e. The summed E-state index contributed by atoms with van der Waals surface area (Å²) < 4.78 is 0. The van der Waals surface area contributed by atoms with E-state index in [4.69, 9.17) is 21.5 Å². The average Bonchev–Trinajstić information content (AvgIpc) is 1.69. The molecule has 0 saturated carbocycles. The summed E-state index contributed by atoms with van der Waals surface area (Å²) in [7, 11) is 0. The predicted molar refractivity (Wildman–Crippen MR) is 31.6 cm³/mol. The second-order valence-corrected chi connectivity index (χ2v) is 1.32. The topological polar surface area (TPSA) is 40.1 Å². The van der Waals surface area contributed by atoms with Gasteiger partial charge in [-0.1, -0.05) is 13.5 Å². The summed E-state index contributed by atoms with van der Waals surface area (Å²) in [5.41, 5.74) is 0. The molecule has 3 heteroatoms. The molecule has 0 atom stereocenters. The SMILES string of the molecule is C=CC(=O)[O-].CCCl. The predicted octanol–water partition coefficient (Wildman–Crippen LogP) is 0.167. The van der Waals surface area contributed by atoms with Gasteiger partial charge in [-0.2, -0.15) is 0 Å². The van der Waals surface area contributed by atoms with E-state index in [1.807, 2.05) is 6.92 Å². The molecule has 0 fully saturated rings. The fourth-order valence-electron chi connectivity index (χ4n) is 0. The first-order chi connectivity index (χ1) is 3.68. The zero-order chi connectivity index (χ0) is 6.99. The molecule has 0 aliphatic heterocycles. The van der Waals surface area contributed by atoms with E-state index in [2.05, 4.69) is 6.58 Å². The lowest BCUT2D eigenvalue weighted by Gasteiger charge is -1.81. The summed E-state index contributed by atoms with van der Waals surface area (Å²) in [5.74, 6) is -0.509. The monoisotopic (exact) mass is 135 g/mol. The van der Waals surface area contributed by atoms with Gasteiger partial charge in [-0.3, -0.25) is 0 Å². The first-order valence-corrected chi connectivity index (χ1v) is 2.61. The highest BCUT2D eigenvalue weighted by Crippen LogP contribution is 1.59. The lowest BCUT2D eigenvalue weighted by atomic mass is 10.7. The molecule has 0 amide bonds. The molecule has 0 radical (unpaired) electrons. The molecule has 0 aromatic heterocycles. The maximum atomic E-state index is 9.14. The van der Waals surface area contributed by atoms with E-state index in [1.54, 1.807) is 0 Å². The van der Waals surface area contributed by atoms with Crippen molar-refractivity contribution in [2.24, 2.45) is 0 Å². The molecule has 0 aliphatic carbocycles. The zero-order valence-corrected chi connectivity index (χ0v) is 5.44. The largest absolute Gasteiger partial charge is 0.545 e. The standard InChI is InChI=1S/C3H4O2.C2H5Cl/c1-2-3(4)5;1-2-3/h2H,1H2,(H,4,5);2H2,1H3/p-1. The number of carbonyl (C=O) groups excluding carboxylic acids is 1. The number of aliphatic carboxylic acids is 1. The minimum Gasteiger partial charge on any atom is -0.545 e. The maximum absolute atomic E-state index is 9.14. The second-order valence-electron chi connectivity index (χ2n) is 0.790. The van der Waals surface area contributed by atoms with E-state index in [0.29, 0.717) is 0 Å². The summed E-state index contributed by atoms with van der Waals surface area (Å²) in [4.78, 5) is 9.14. The van der Waals surface area contributed by atoms with E-state index in [-0.39, 0.29) is 0 Å². The van der Waals surface area contributed by atoms with Gasteiger partial charge in [0.05, 0.1) is 5.97 Å². The molecular formula is C5H8ClO2-. The van der Waals surface area contributed by atoms with Crippen LogP contribution in [0.25, 0.3) is 0 Å². The van der Waals surface area contributed by atoms with E-state index in [0.717, 1.165) is 12.0 Å². The summed E-state index contributed by atoms with van der Waals surface area (Å²) in [6.07, 6.45) is 0.722. The molecule has 0 aliphatic rings. The Bertz CT molecular complexity index is 70.8. The first kappa shape index (κ1) is 10.5. The second kappa shape index (κ2) is 9.71. The third kappa shape index (κ3) is 49.5. The minimum atomic E-state index is -1.23. The van der Waals surface area contributed by atoms with Crippen LogP contribution in [0.4, 0.5) is 0 Å². The highest BCUT2D eigenvalue weighted by atomic mass is 35.5. The molecule has 2 nitrogen and oxygen atoms in total. The molecule has 0 unspecified atom stereocenters. The average molecular weight is 136 g/mol. The summed E-state index contributed by atoms with van der Waals surface area (Å²) >= 11 is 5.00. The molecule has 0 aromatic rings. The van der Waals surface area contributed by atoms with Crippen LogP contribution in [0.3, 0.4) is 0 Å². The fraction of sp³-hybridized carbons (Fsp3) is 0.400. The van der Waals surface area contributed by atoms with Gasteiger partial charge >= 0.3 is 0 Å². The molecule has 0 aromatic carbocycles. The van der Waals surface area contributed by atoms with Gasteiger partial charge in [0.15, 0.2) is 0 Å². The molecule has 0 saturated heterocycles. The van der Waals surface area contributed by atoms with Crippen LogP contribution in [-0.4, -0.2) is 11.8 Å². The number of alkyl halides is 1. The zero-order valence-electron chi connectivity index (χ0n) is 4.69. The van der Waals surface area contributed by atoms with Gasteiger partial charge in [-0.05, 0) is 6.08 Å². The van der Waals surface area contributed by atoms with Gasteiger partial charge in [0.2, 0.25) is 0 Å². The van der Waals surface area contributed by atoms with Crippen molar-refractivity contribution in [2.45, 2.75) is 6.92 Å². The number of carboxylic acid groups (broad SMARTS) is 1. The highest BCUT2D eigenvalue weighted by Gasteiger charge is 1.55. The quantitative estimate of drug-likeness (QED) is 0.380. The van der Waals surface area contributed by atoms with Crippen molar-refractivity contribution in [1.29, 1.82) is 0 Å². The van der Waals surface area contributed by atoms with Crippen LogP contribution < -0.4 is 5.11 Å². The first-order valence-electron chi connectivity index (χ1n) is 2.08. The number of halogens is 1. The van der Waals surface area contributed by atoms with Crippen LogP contribution >= 0.6 is 11.6 Å². The van der Waals surface area contributed by atoms with Crippen LogP contribution in [0.2, 0.25) is 0 Å². The maximum Gasteiger partial charge on any atom is 0.0636 e. The molecule has 8 heavy (non-hydrogen) atoms. The Labute approximate surface area is 53.8 Å². The molecule has 0 N–H and O–H groups in total. The summed E-state index contributed by atoms with van der Waals surface area (Å²) in [6, 6.07) is 0. The van der Waals surface area contributed by atoms with Crippen molar-refractivity contribution in [3.05, 3.63) is 12.7 Å². The van der Waals surface area contributed by atoms with E-state index < -0.39 is 5.97 Å². The van der Waals surface area contributed by atoms with E-state index in [1.165, 1.54) is 0 Å². The Kier molecular flexibility index (Phi) is 12.7. The number of rotatable bonds is 1. The third-order valence-electron chi connectivity index (χ3n) is 0.167. The van der Waals surface area contributed by atoms with Crippen LogP contribution in [0.1, 0.15) is 6.92 Å². The van der Waals surface area contributed by atoms with Crippen LogP contribution in [0, 0.1) is 0 Å². The van der Waals surface area contributed by atoms with Crippen molar-refractivity contribution < 1.29 is 9.90 Å². The molecular weight excluding hydrogens is 128 g/mol. The Morgan fingerprint density at radius 1 is 2.00 bits per heavy atom. The van der Waals surface area contributed by atoms with E-state index >= 15 is 0 Å². The van der Waals surface area contributed by atoms with Gasteiger partial charge < -0.3 is 9.90 Å². The van der Waals surface area contributed by atoms with Gasteiger partial charge in [0, 0.05) is 5.88 Å². The van der Waals surface area contributed by atoms with Gasteiger partial charge in [-0.15, -0.1) is 11.6 Å². The number of hydrogen-bond donors (Lipinski definition) is 0. The Balaban J connectivity index is 0. The number of hydrogen-bond acceptors (Lipinski definition) is 2. The third-order valence-corrected chi connectivity index (χ3v) is 0.167. The number of carboxylic acids is 1. The lowest BCUT2D eigenvalue weighted by molar-refractivity contribution is -0.297. The van der Waals surface area contributed by atoms with Crippen LogP contribution in [0.5, 0.6) is 0 Å². The molecule has 48 valence electrons. The van der Waals surface area contributed by atoms with Gasteiger partial charge in [0.1, 0.15) is 0 Å². The van der Waals surface area contributed by atoms with Crippen molar-refractivity contribution in [1.82, 2.24) is 0 Å². The van der Waals surface area contributed by atoms with Gasteiger partial charge in [0.25, 0.3) is 0 Å². The minimum absolute atomic E-state index is 0.722. The van der Waals surface area contributed by atoms with Crippen molar-refractivity contribution in [3.8, 4) is 0 Å². The Morgan fingerprint density at radius 3 is 2.12 bits per heavy atom. The van der Waals surface area contributed by atoms with Crippen molar-refractivity contribution in [2.75, 3.05) is 5.88 Å². The normalized spacial score (nSPS) is 6.25. The Morgan fingerprint density at radius 2 is 2.12 bits per heavy atom. The molecule has 0 heterocycles.